The molecule has 3 nitrogen and oxygen atoms in total. The van der Waals surface area contributed by atoms with Crippen LogP contribution in [0.4, 0.5) is 5.69 Å². The van der Waals surface area contributed by atoms with E-state index in [0.717, 1.165) is 16.3 Å². The standard InChI is InChI=1S/C27H25ClNO2/c1-27(2)23-10-6-7-11-24(23)29(18-19-31-26(30)21-8-4-3-5-9-21)25(27)17-14-20-12-15-22(28)16-13-20/h3-17H,18-19H2,1-2H3/q+1. The van der Waals surface area contributed by atoms with Gasteiger partial charge in [0, 0.05) is 22.7 Å². The minimum Gasteiger partial charge on any atom is -0.455 e. The number of halogens is 1. The van der Waals surface area contributed by atoms with Crippen LogP contribution in [0, 0.1) is 0 Å². The SMILES string of the molecule is CC1(C)C(C=Cc2ccc(Cl)cc2)=[N+](CCOC(=O)c2ccccc2)c2ccccc21. The van der Waals surface area contributed by atoms with Gasteiger partial charge in [-0.25, -0.2) is 4.79 Å². The Hall–Kier alpha value is -3.17. The lowest BCUT2D eigenvalue weighted by Crippen LogP contribution is -2.29. The summed E-state index contributed by atoms with van der Waals surface area (Å²) in [6.07, 6.45) is 4.25. The van der Waals surface area contributed by atoms with Gasteiger partial charge in [-0.1, -0.05) is 60.1 Å². The summed E-state index contributed by atoms with van der Waals surface area (Å²) in [4.78, 5) is 12.3. The van der Waals surface area contributed by atoms with Gasteiger partial charge in [0.25, 0.3) is 0 Å². The third-order valence-corrected chi connectivity index (χ3v) is 5.91. The minimum absolute atomic E-state index is 0.164. The highest BCUT2D eigenvalue weighted by Gasteiger charge is 2.43. The number of esters is 1. The second-order valence-corrected chi connectivity index (χ2v) is 8.50. The molecule has 0 aromatic heterocycles. The maximum Gasteiger partial charge on any atom is 0.338 e. The Morgan fingerprint density at radius 1 is 0.935 bits per heavy atom. The number of carbonyl (C=O) groups is 1. The number of carbonyl (C=O) groups excluding carboxylic acids is 1. The first-order valence-corrected chi connectivity index (χ1v) is 10.7. The molecule has 0 unspecified atom stereocenters. The maximum absolute atomic E-state index is 12.3. The summed E-state index contributed by atoms with van der Waals surface area (Å²) >= 11 is 6.02. The molecule has 3 aromatic rings. The molecule has 0 radical (unpaired) electrons. The number of allylic oxidation sites excluding steroid dienone is 1. The molecule has 0 saturated carbocycles. The van der Waals surface area contributed by atoms with Gasteiger partial charge in [-0.2, -0.15) is 4.58 Å². The fourth-order valence-corrected chi connectivity index (χ4v) is 4.14. The van der Waals surface area contributed by atoms with Gasteiger partial charge in [-0.15, -0.1) is 0 Å². The fourth-order valence-electron chi connectivity index (χ4n) is 4.02. The number of ether oxygens (including phenoxy) is 1. The van der Waals surface area contributed by atoms with Gasteiger partial charge < -0.3 is 4.74 Å². The average Bonchev–Trinajstić information content (AvgIpc) is 3.00. The topological polar surface area (TPSA) is 29.3 Å². The molecule has 0 aliphatic carbocycles. The molecule has 4 heteroatoms. The Balaban J connectivity index is 1.60. The predicted octanol–water partition coefficient (Wildman–Crippen LogP) is 6.29. The first-order valence-electron chi connectivity index (χ1n) is 10.4. The molecule has 0 N–H and O–H groups in total. The van der Waals surface area contributed by atoms with E-state index in [0.29, 0.717) is 18.7 Å². The highest BCUT2D eigenvalue weighted by atomic mass is 35.5. The van der Waals surface area contributed by atoms with Gasteiger partial charge in [-0.05, 0) is 49.8 Å². The van der Waals surface area contributed by atoms with E-state index in [2.05, 4.69) is 48.8 Å². The van der Waals surface area contributed by atoms with Crippen molar-refractivity contribution in [2.75, 3.05) is 13.2 Å². The predicted molar refractivity (Wildman–Crippen MR) is 126 cm³/mol. The molecule has 0 bridgehead atoms. The molecule has 0 fully saturated rings. The average molecular weight is 431 g/mol. The molecule has 31 heavy (non-hydrogen) atoms. The van der Waals surface area contributed by atoms with E-state index in [1.165, 1.54) is 11.3 Å². The van der Waals surface area contributed by atoms with E-state index < -0.39 is 0 Å². The van der Waals surface area contributed by atoms with Crippen LogP contribution in [-0.2, 0) is 10.2 Å². The zero-order valence-electron chi connectivity index (χ0n) is 17.7. The highest BCUT2D eigenvalue weighted by Crippen LogP contribution is 2.39. The number of para-hydroxylation sites is 1. The number of rotatable bonds is 6. The van der Waals surface area contributed by atoms with Crippen LogP contribution in [0.25, 0.3) is 6.08 Å². The number of nitrogens with zero attached hydrogens (tertiary/aromatic N) is 1. The summed E-state index contributed by atoms with van der Waals surface area (Å²) < 4.78 is 7.81. The van der Waals surface area contributed by atoms with Crippen LogP contribution in [0.1, 0.15) is 35.3 Å². The summed E-state index contributed by atoms with van der Waals surface area (Å²) in [6, 6.07) is 25.3. The lowest BCUT2D eigenvalue weighted by atomic mass is 9.81. The van der Waals surface area contributed by atoms with E-state index in [4.69, 9.17) is 16.3 Å². The van der Waals surface area contributed by atoms with Gasteiger partial charge in [0.2, 0.25) is 5.69 Å². The zero-order chi connectivity index (χ0) is 21.8. The van der Waals surface area contributed by atoms with E-state index in [-0.39, 0.29) is 11.4 Å². The van der Waals surface area contributed by atoms with Gasteiger partial charge in [-0.3, -0.25) is 0 Å². The Morgan fingerprint density at radius 2 is 1.61 bits per heavy atom. The van der Waals surface area contributed by atoms with E-state index >= 15 is 0 Å². The Kier molecular flexibility index (Phi) is 6.06. The summed E-state index contributed by atoms with van der Waals surface area (Å²) in [5, 5.41) is 0.722. The fraction of sp³-hybridized carbons (Fsp3) is 0.185. The highest BCUT2D eigenvalue weighted by molar-refractivity contribution is 6.30. The Labute approximate surface area is 188 Å². The van der Waals surface area contributed by atoms with Crippen LogP contribution in [0.2, 0.25) is 5.02 Å². The van der Waals surface area contributed by atoms with Crippen LogP contribution in [0.15, 0.2) is 84.9 Å². The van der Waals surface area contributed by atoms with E-state index in [1.807, 2.05) is 48.5 Å². The molecular weight excluding hydrogens is 406 g/mol. The van der Waals surface area contributed by atoms with Crippen molar-refractivity contribution in [3.63, 3.8) is 0 Å². The number of hydrogen-bond donors (Lipinski definition) is 0. The lowest BCUT2D eigenvalue weighted by Gasteiger charge is -2.15. The molecule has 3 aromatic carbocycles. The van der Waals surface area contributed by atoms with Crippen LogP contribution < -0.4 is 0 Å². The summed E-state index contributed by atoms with van der Waals surface area (Å²) in [7, 11) is 0. The maximum atomic E-state index is 12.3. The van der Waals surface area contributed by atoms with E-state index in [1.54, 1.807) is 12.1 Å². The summed E-state index contributed by atoms with van der Waals surface area (Å²) in [6.45, 7) is 5.34. The lowest BCUT2D eigenvalue weighted by molar-refractivity contribution is -0.440. The number of fused-ring (bicyclic) bond motifs is 1. The molecule has 1 aliphatic heterocycles. The van der Waals surface area contributed by atoms with Crippen molar-refractivity contribution < 1.29 is 14.1 Å². The van der Waals surface area contributed by atoms with Crippen molar-refractivity contribution in [2.24, 2.45) is 0 Å². The van der Waals surface area contributed by atoms with Crippen molar-refractivity contribution >= 4 is 35.0 Å². The van der Waals surface area contributed by atoms with Gasteiger partial charge in [0.15, 0.2) is 18.9 Å². The molecule has 0 saturated heterocycles. The van der Waals surface area contributed by atoms with Crippen LogP contribution in [0.3, 0.4) is 0 Å². The molecule has 1 aliphatic rings. The van der Waals surface area contributed by atoms with Gasteiger partial charge in [0.05, 0.1) is 11.0 Å². The van der Waals surface area contributed by atoms with Crippen LogP contribution in [0.5, 0.6) is 0 Å². The van der Waals surface area contributed by atoms with Crippen LogP contribution >= 0.6 is 11.6 Å². The van der Waals surface area contributed by atoms with Crippen molar-refractivity contribution in [3.05, 3.63) is 107 Å². The van der Waals surface area contributed by atoms with E-state index in [9.17, 15) is 4.79 Å². The molecule has 0 amide bonds. The normalized spacial score (nSPS) is 14.7. The Morgan fingerprint density at radius 3 is 2.35 bits per heavy atom. The molecule has 0 atom stereocenters. The van der Waals surface area contributed by atoms with Crippen molar-refractivity contribution in [1.82, 2.24) is 0 Å². The molecule has 156 valence electrons. The Bertz CT molecular complexity index is 1150. The number of benzene rings is 3. The van der Waals surface area contributed by atoms with Gasteiger partial charge >= 0.3 is 5.97 Å². The monoisotopic (exact) mass is 430 g/mol. The second-order valence-electron chi connectivity index (χ2n) is 8.07. The second kappa shape index (κ2) is 8.91. The van der Waals surface area contributed by atoms with Crippen LogP contribution in [-0.4, -0.2) is 29.4 Å². The number of hydrogen-bond acceptors (Lipinski definition) is 2. The summed E-state index contributed by atoms with van der Waals surface area (Å²) in [5.74, 6) is -0.300. The molecule has 4 rings (SSSR count). The first kappa shape index (κ1) is 21.1. The smallest absolute Gasteiger partial charge is 0.338 e. The first-order chi connectivity index (χ1) is 15.0. The van der Waals surface area contributed by atoms with Crippen molar-refractivity contribution in [3.8, 4) is 0 Å². The molecule has 1 heterocycles. The minimum atomic E-state index is -0.300. The molecular formula is C27H25ClNO2+. The summed E-state index contributed by atoms with van der Waals surface area (Å²) in [5.41, 5.74) is 5.07. The largest absolute Gasteiger partial charge is 0.455 e. The third-order valence-electron chi connectivity index (χ3n) is 5.66. The van der Waals surface area contributed by atoms with Crippen molar-refractivity contribution in [2.45, 2.75) is 19.3 Å². The third kappa shape index (κ3) is 4.47. The quantitative estimate of drug-likeness (QED) is 0.340. The zero-order valence-corrected chi connectivity index (χ0v) is 18.5. The van der Waals surface area contributed by atoms with Gasteiger partial charge in [0.1, 0.15) is 0 Å². The van der Waals surface area contributed by atoms with Crippen molar-refractivity contribution in [1.29, 1.82) is 0 Å². The molecule has 0 spiro atoms.